The Kier molecular flexibility index (Phi) is 6.40. The zero-order chi connectivity index (χ0) is 21.6. The highest BCUT2D eigenvalue weighted by molar-refractivity contribution is 7.80. The molecule has 0 aliphatic rings. The molecule has 0 aliphatic carbocycles. The number of hydrogen-bond acceptors (Lipinski definition) is 3. The maximum absolute atomic E-state index is 13.0. The lowest BCUT2D eigenvalue weighted by Crippen LogP contribution is -2.46. The van der Waals surface area contributed by atoms with E-state index in [1.165, 1.54) is 0 Å². The normalized spacial score (nSPS) is 10.5. The number of fused-ring (bicyclic) bond motifs is 1. The third kappa shape index (κ3) is 5.17. The number of carbonyl (C=O) groups is 1. The summed E-state index contributed by atoms with van der Waals surface area (Å²) in [5.41, 5.74) is 9.31. The quantitative estimate of drug-likeness (QED) is 0.308. The molecule has 0 radical (unpaired) electrons. The Bertz CT molecular complexity index is 1230. The van der Waals surface area contributed by atoms with E-state index in [4.69, 9.17) is 28.8 Å². The molecule has 3 N–H and O–H groups in total. The average Bonchev–Trinajstić information content (AvgIpc) is 2.81. The molecule has 3 aromatic carbocycles. The van der Waals surface area contributed by atoms with Crippen LogP contribution in [0.25, 0.3) is 22.2 Å². The fourth-order valence-corrected chi connectivity index (χ4v) is 3.38. The highest BCUT2D eigenvalue weighted by Crippen LogP contribution is 2.25. The minimum atomic E-state index is -0.308. The van der Waals surface area contributed by atoms with Crippen molar-refractivity contribution in [2.45, 2.75) is 6.54 Å². The summed E-state index contributed by atoms with van der Waals surface area (Å²) >= 11 is 11.3. The fraction of sp³-hybridized carbons (Fsp3) is 0.0417. The number of aromatic nitrogens is 1. The van der Waals surface area contributed by atoms with E-state index < -0.39 is 0 Å². The predicted molar refractivity (Wildman–Crippen MR) is 129 cm³/mol. The Labute approximate surface area is 190 Å². The van der Waals surface area contributed by atoms with Crippen LogP contribution in [0.15, 0.2) is 84.9 Å². The van der Waals surface area contributed by atoms with Crippen molar-refractivity contribution in [2.75, 3.05) is 0 Å². The summed E-state index contributed by atoms with van der Waals surface area (Å²) in [6.45, 7) is 0.557. The molecular formula is C24H19ClN4OS. The van der Waals surface area contributed by atoms with Crippen molar-refractivity contribution in [3.8, 4) is 11.3 Å². The first-order valence-electron chi connectivity index (χ1n) is 9.64. The number of pyridine rings is 1. The molecule has 154 valence electrons. The van der Waals surface area contributed by atoms with Crippen LogP contribution in [0.2, 0.25) is 5.02 Å². The molecule has 0 unspecified atom stereocenters. The molecule has 0 bridgehead atoms. The number of para-hydroxylation sites is 1. The van der Waals surface area contributed by atoms with Crippen molar-refractivity contribution < 1.29 is 4.79 Å². The number of benzene rings is 3. The van der Waals surface area contributed by atoms with Crippen molar-refractivity contribution in [1.82, 2.24) is 21.2 Å². The van der Waals surface area contributed by atoms with E-state index in [0.717, 1.165) is 22.0 Å². The molecule has 0 spiro atoms. The van der Waals surface area contributed by atoms with Gasteiger partial charge in [0.25, 0.3) is 5.91 Å². The highest BCUT2D eigenvalue weighted by Gasteiger charge is 2.14. The largest absolute Gasteiger partial charge is 0.357 e. The van der Waals surface area contributed by atoms with E-state index >= 15 is 0 Å². The Morgan fingerprint density at radius 2 is 1.61 bits per heavy atom. The molecule has 1 aromatic heterocycles. The van der Waals surface area contributed by atoms with Crippen LogP contribution in [0, 0.1) is 0 Å². The third-order valence-corrected chi connectivity index (χ3v) is 5.18. The second kappa shape index (κ2) is 9.55. The molecule has 0 aliphatic heterocycles. The maximum Gasteiger partial charge on any atom is 0.270 e. The third-order valence-electron chi connectivity index (χ3n) is 4.69. The summed E-state index contributed by atoms with van der Waals surface area (Å²) in [6, 6.07) is 26.5. The van der Waals surface area contributed by atoms with E-state index in [0.29, 0.717) is 27.9 Å². The molecule has 0 atom stereocenters. The monoisotopic (exact) mass is 446 g/mol. The Morgan fingerprint density at radius 1 is 0.903 bits per heavy atom. The van der Waals surface area contributed by atoms with Crippen molar-refractivity contribution in [1.29, 1.82) is 0 Å². The molecule has 31 heavy (non-hydrogen) atoms. The van der Waals surface area contributed by atoms with Gasteiger partial charge in [-0.05, 0) is 42.0 Å². The van der Waals surface area contributed by atoms with Crippen LogP contribution in [-0.4, -0.2) is 16.0 Å². The van der Waals surface area contributed by atoms with E-state index in [2.05, 4.69) is 16.2 Å². The van der Waals surface area contributed by atoms with Crippen molar-refractivity contribution >= 4 is 45.7 Å². The number of nitrogens with one attached hydrogen (secondary N) is 3. The summed E-state index contributed by atoms with van der Waals surface area (Å²) in [5, 5.41) is 4.79. The molecule has 4 rings (SSSR count). The number of amides is 1. The highest BCUT2D eigenvalue weighted by atomic mass is 35.5. The minimum absolute atomic E-state index is 0.308. The topological polar surface area (TPSA) is 66.1 Å². The zero-order valence-electron chi connectivity index (χ0n) is 16.4. The van der Waals surface area contributed by atoms with Crippen molar-refractivity contribution in [3.05, 3.63) is 101 Å². The number of hydrazine groups is 1. The second-order valence-corrected chi connectivity index (χ2v) is 7.67. The predicted octanol–water partition coefficient (Wildman–Crippen LogP) is 4.86. The molecule has 5 nitrogen and oxygen atoms in total. The first-order chi connectivity index (χ1) is 15.1. The van der Waals surface area contributed by atoms with Gasteiger partial charge in [-0.15, -0.1) is 0 Å². The molecular weight excluding hydrogens is 428 g/mol. The zero-order valence-corrected chi connectivity index (χ0v) is 18.0. The first kappa shape index (κ1) is 20.8. The van der Waals surface area contributed by atoms with Gasteiger partial charge in [0.05, 0.1) is 16.8 Å². The lowest BCUT2D eigenvalue weighted by Gasteiger charge is -2.13. The van der Waals surface area contributed by atoms with Crippen LogP contribution in [0.5, 0.6) is 0 Å². The van der Waals surface area contributed by atoms with E-state index in [1.807, 2.05) is 66.7 Å². The molecule has 1 amide bonds. The van der Waals surface area contributed by atoms with Crippen LogP contribution in [0.4, 0.5) is 0 Å². The van der Waals surface area contributed by atoms with E-state index in [-0.39, 0.29) is 5.91 Å². The number of halogens is 1. The molecule has 0 saturated carbocycles. The summed E-state index contributed by atoms with van der Waals surface area (Å²) in [4.78, 5) is 17.7. The average molecular weight is 447 g/mol. The molecule has 1 heterocycles. The molecule has 7 heteroatoms. The van der Waals surface area contributed by atoms with Gasteiger partial charge in [0, 0.05) is 22.5 Å². The SMILES string of the molecule is O=C(NNC(=S)NCc1ccccc1)c1cc(-c2ccc(Cl)cc2)nc2ccccc12. The molecule has 0 fully saturated rings. The number of nitrogens with zero attached hydrogens (tertiary/aromatic N) is 1. The molecule has 4 aromatic rings. The summed E-state index contributed by atoms with van der Waals surface area (Å²) < 4.78 is 0. The lowest BCUT2D eigenvalue weighted by molar-refractivity contribution is 0.0945. The van der Waals surface area contributed by atoms with Gasteiger partial charge in [-0.1, -0.05) is 72.3 Å². The van der Waals surface area contributed by atoms with Gasteiger partial charge >= 0.3 is 0 Å². The van der Waals surface area contributed by atoms with E-state index in [1.54, 1.807) is 18.2 Å². The van der Waals surface area contributed by atoms with Gasteiger partial charge in [-0.25, -0.2) is 4.98 Å². The van der Waals surface area contributed by atoms with E-state index in [9.17, 15) is 4.79 Å². The number of carbonyl (C=O) groups excluding carboxylic acids is 1. The second-order valence-electron chi connectivity index (χ2n) is 6.83. The van der Waals surface area contributed by atoms with Crippen molar-refractivity contribution in [2.24, 2.45) is 0 Å². The first-order valence-corrected chi connectivity index (χ1v) is 10.4. The van der Waals surface area contributed by atoms with Gasteiger partial charge < -0.3 is 5.32 Å². The lowest BCUT2D eigenvalue weighted by atomic mass is 10.0. The number of thiocarbonyl (C=S) groups is 1. The Balaban J connectivity index is 1.51. The maximum atomic E-state index is 13.0. The van der Waals surface area contributed by atoms with Gasteiger partial charge in [0.1, 0.15) is 0 Å². The summed E-state index contributed by atoms with van der Waals surface area (Å²) in [6.07, 6.45) is 0. The van der Waals surface area contributed by atoms with Gasteiger partial charge in [-0.2, -0.15) is 0 Å². The smallest absolute Gasteiger partial charge is 0.270 e. The molecule has 0 saturated heterocycles. The van der Waals surface area contributed by atoms with Crippen LogP contribution < -0.4 is 16.2 Å². The van der Waals surface area contributed by atoms with Crippen molar-refractivity contribution in [3.63, 3.8) is 0 Å². The van der Waals surface area contributed by atoms with Gasteiger partial charge in [-0.3, -0.25) is 15.6 Å². The minimum Gasteiger partial charge on any atom is -0.357 e. The number of hydrogen-bond donors (Lipinski definition) is 3. The Morgan fingerprint density at radius 3 is 2.39 bits per heavy atom. The van der Waals surface area contributed by atoms with Crippen LogP contribution in [-0.2, 0) is 6.54 Å². The van der Waals surface area contributed by atoms with Crippen LogP contribution >= 0.6 is 23.8 Å². The summed E-state index contributed by atoms with van der Waals surface area (Å²) in [7, 11) is 0. The van der Waals surface area contributed by atoms with Gasteiger partial charge in [0.2, 0.25) is 0 Å². The van der Waals surface area contributed by atoms with Gasteiger partial charge in [0.15, 0.2) is 5.11 Å². The summed E-state index contributed by atoms with van der Waals surface area (Å²) in [5.74, 6) is -0.308. The van der Waals surface area contributed by atoms with Crippen LogP contribution in [0.3, 0.4) is 0 Å². The fourth-order valence-electron chi connectivity index (χ4n) is 3.14. The van der Waals surface area contributed by atoms with Crippen LogP contribution in [0.1, 0.15) is 15.9 Å². The standard InChI is InChI=1S/C24H19ClN4OS/c25-18-12-10-17(11-13-18)22-14-20(19-8-4-5-9-21(19)27-22)23(30)28-29-24(31)26-15-16-6-2-1-3-7-16/h1-14H,15H2,(H,28,30)(H2,26,29,31). The Hall–Kier alpha value is -3.48. The number of rotatable bonds is 4.